The SMILES string of the molecule is C=C(C)C1(C2CC(=O)OC2=O)CC1. The third kappa shape index (κ3) is 1.10. The first-order chi connectivity index (χ1) is 6.06. The molecule has 1 saturated heterocycles. The average molecular weight is 180 g/mol. The lowest BCUT2D eigenvalue weighted by Gasteiger charge is -2.18. The first-order valence-electron chi connectivity index (χ1n) is 4.47. The normalized spacial score (nSPS) is 30.1. The van der Waals surface area contributed by atoms with Crippen LogP contribution in [0, 0.1) is 11.3 Å². The molecular formula is C10H12O3. The number of hydrogen-bond donors (Lipinski definition) is 0. The van der Waals surface area contributed by atoms with E-state index >= 15 is 0 Å². The van der Waals surface area contributed by atoms with Gasteiger partial charge in [0.05, 0.1) is 12.3 Å². The summed E-state index contributed by atoms with van der Waals surface area (Å²) < 4.78 is 4.53. The van der Waals surface area contributed by atoms with E-state index in [1.54, 1.807) is 0 Å². The summed E-state index contributed by atoms with van der Waals surface area (Å²) in [5.74, 6) is -0.995. The lowest BCUT2D eigenvalue weighted by atomic mass is 9.83. The van der Waals surface area contributed by atoms with Gasteiger partial charge in [-0.25, -0.2) is 0 Å². The molecule has 1 atom stereocenters. The highest BCUT2D eigenvalue weighted by atomic mass is 16.6. The van der Waals surface area contributed by atoms with Crippen LogP contribution in [0.3, 0.4) is 0 Å². The molecule has 0 radical (unpaired) electrons. The van der Waals surface area contributed by atoms with E-state index in [0.717, 1.165) is 18.4 Å². The van der Waals surface area contributed by atoms with E-state index < -0.39 is 0 Å². The molecule has 2 rings (SSSR count). The Morgan fingerprint density at radius 1 is 1.54 bits per heavy atom. The van der Waals surface area contributed by atoms with Crippen molar-refractivity contribution in [3.05, 3.63) is 12.2 Å². The number of rotatable bonds is 2. The van der Waals surface area contributed by atoms with Gasteiger partial charge >= 0.3 is 11.9 Å². The molecule has 1 aliphatic heterocycles. The minimum atomic E-state index is -0.387. The second-order valence-electron chi connectivity index (χ2n) is 3.99. The van der Waals surface area contributed by atoms with E-state index in [0.29, 0.717) is 0 Å². The molecule has 3 heteroatoms. The zero-order valence-electron chi connectivity index (χ0n) is 7.63. The maximum Gasteiger partial charge on any atom is 0.318 e. The van der Waals surface area contributed by atoms with Crippen molar-refractivity contribution in [2.45, 2.75) is 26.2 Å². The summed E-state index contributed by atoms with van der Waals surface area (Å²) in [6.45, 7) is 5.79. The Labute approximate surface area is 76.8 Å². The van der Waals surface area contributed by atoms with Gasteiger partial charge in [0.25, 0.3) is 0 Å². The zero-order valence-corrected chi connectivity index (χ0v) is 7.63. The van der Waals surface area contributed by atoms with Gasteiger partial charge in [-0.05, 0) is 19.8 Å². The fourth-order valence-corrected chi connectivity index (χ4v) is 2.10. The average Bonchev–Trinajstić information content (AvgIpc) is 2.75. The molecule has 0 spiro atoms. The van der Waals surface area contributed by atoms with Gasteiger partial charge in [-0.2, -0.15) is 0 Å². The van der Waals surface area contributed by atoms with Crippen molar-refractivity contribution in [1.29, 1.82) is 0 Å². The van der Waals surface area contributed by atoms with Crippen molar-refractivity contribution >= 4 is 11.9 Å². The van der Waals surface area contributed by atoms with Crippen LogP contribution in [0.15, 0.2) is 12.2 Å². The highest BCUT2D eigenvalue weighted by Crippen LogP contribution is 2.59. The van der Waals surface area contributed by atoms with Gasteiger partial charge in [0.1, 0.15) is 0 Å². The smallest absolute Gasteiger partial charge is 0.318 e. The van der Waals surface area contributed by atoms with Crippen molar-refractivity contribution in [3.8, 4) is 0 Å². The highest BCUT2D eigenvalue weighted by molar-refractivity contribution is 5.95. The predicted molar refractivity (Wildman–Crippen MR) is 45.7 cm³/mol. The van der Waals surface area contributed by atoms with Crippen LogP contribution in [-0.2, 0) is 14.3 Å². The Morgan fingerprint density at radius 3 is 2.46 bits per heavy atom. The number of ether oxygens (including phenoxy) is 1. The van der Waals surface area contributed by atoms with Crippen LogP contribution < -0.4 is 0 Å². The first-order valence-corrected chi connectivity index (χ1v) is 4.47. The maximum absolute atomic E-state index is 11.3. The number of carbonyl (C=O) groups excluding carboxylic acids is 2. The van der Waals surface area contributed by atoms with Crippen LogP contribution in [0.5, 0.6) is 0 Å². The molecule has 2 fully saturated rings. The molecule has 0 aromatic carbocycles. The third-order valence-corrected chi connectivity index (χ3v) is 3.18. The first kappa shape index (κ1) is 8.48. The van der Waals surface area contributed by atoms with Crippen LogP contribution in [0.25, 0.3) is 0 Å². The second-order valence-corrected chi connectivity index (χ2v) is 3.99. The molecular weight excluding hydrogens is 168 g/mol. The lowest BCUT2D eigenvalue weighted by molar-refractivity contribution is -0.153. The number of esters is 2. The van der Waals surface area contributed by atoms with E-state index in [1.807, 2.05) is 6.92 Å². The Morgan fingerprint density at radius 2 is 2.15 bits per heavy atom. The highest BCUT2D eigenvalue weighted by Gasteiger charge is 2.57. The van der Waals surface area contributed by atoms with Crippen LogP contribution in [0.2, 0.25) is 0 Å². The molecule has 13 heavy (non-hydrogen) atoms. The number of cyclic esters (lactones) is 2. The molecule has 0 bridgehead atoms. The largest absolute Gasteiger partial charge is 0.393 e. The summed E-state index contributed by atoms with van der Waals surface area (Å²) in [6, 6.07) is 0. The Bertz CT molecular complexity index is 299. The zero-order chi connectivity index (χ0) is 9.64. The summed E-state index contributed by atoms with van der Waals surface area (Å²) in [4.78, 5) is 22.2. The predicted octanol–water partition coefficient (Wildman–Crippen LogP) is 1.43. The topological polar surface area (TPSA) is 43.4 Å². The van der Waals surface area contributed by atoms with Crippen LogP contribution in [0.4, 0.5) is 0 Å². The fraction of sp³-hybridized carbons (Fsp3) is 0.600. The standard InChI is InChI=1S/C10H12O3/c1-6(2)10(3-4-10)7-5-8(11)13-9(7)12/h7H,1,3-5H2,2H3. The van der Waals surface area contributed by atoms with Gasteiger partial charge in [-0.1, -0.05) is 12.2 Å². The minimum absolute atomic E-state index is 0.108. The number of hydrogen-bond acceptors (Lipinski definition) is 3. The second kappa shape index (κ2) is 2.44. The van der Waals surface area contributed by atoms with E-state index in [2.05, 4.69) is 11.3 Å². The van der Waals surface area contributed by atoms with E-state index in [4.69, 9.17) is 0 Å². The van der Waals surface area contributed by atoms with Crippen LogP contribution in [0.1, 0.15) is 26.2 Å². The lowest BCUT2D eigenvalue weighted by Crippen LogP contribution is -2.21. The molecule has 1 saturated carbocycles. The summed E-state index contributed by atoms with van der Waals surface area (Å²) in [6.07, 6.45) is 2.18. The quantitative estimate of drug-likeness (QED) is 0.367. The van der Waals surface area contributed by atoms with Crippen molar-refractivity contribution < 1.29 is 14.3 Å². The summed E-state index contributed by atoms with van der Waals surface area (Å²) in [5.41, 5.74) is 0.896. The Balaban J connectivity index is 2.22. The fourth-order valence-electron chi connectivity index (χ4n) is 2.10. The molecule has 0 amide bonds. The van der Waals surface area contributed by atoms with Crippen molar-refractivity contribution in [3.63, 3.8) is 0 Å². The Hall–Kier alpha value is -1.12. The van der Waals surface area contributed by atoms with Crippen molar-refractivity contribution in [2.24, 2.45) is 11.3 Å². The summed E-state index contributed by atoms with van der Waals surface area (Å²) in [7, 11) is 0. The minimum Gasteiger partial charge on any atom is -0.393 e. The van der Waals surface area contributed by atoms with Gasteiger partial charge in [-0.3, -0.25) is 9.59 Å². The van der Waals surface area contributed by atoms with Gasteiger partial charge in [0.2, 0.25) is 0 Å². The van der Waals surface area contributed by atoms with E-state index in [9.17, 15) is 9.59 Å². The van der Waals surface area contributed by atoms with Gasteiger partial charge in [0.15, 0.2) is 0 Å². The number of allylic oxidation sites excluding steroid dienone is 1. The van der Waals surface area contributed by atoms with Gasteiger partial charge < -0.3 is 4.74 Å². The summed E-state index contributed by atoms with van der Waals surface area (Å²) >= 11 is 0. The molecule has 0 N–H and O–H groups in total. The molecule has 70 valence electrons. The van der Waals surface area contributed by atoms with Gasteiger partial charge in [0, 0.05) is 5.41 Å². The monoisotopic (exact) mass is 180 g/mol. The van der Waals surface area contributed by atoms with Crippen LogP contribution in [-0.4, -0.2) is 11.9 Å². The van der Waals surface area contributed by atoms with Crippen molar-refractivity contribution in [2.75, 3.05) is 0 Å². The van der Waals surface area contributed by atoms with E-state index in [1.165, 1.54) is 0 Å². The Kier molecular flexibility index (Phi) is 1.59. The molecule has 1 heterocycles. The third-order valence-electron chi connectivity index (χ3n) is 3.18. The molecule has 0 aromatic heterocycles. The van der Waals surface area contributed by atoms with Crippen LogP contribution >= 0.6 is 0 Å². The maximum atomic E-state index is 11.3. The molecule has 2 aliphatic rings. The number of carbonyl (C=O) groups is 2. The molecule has 1 unspecified atom stereocenters. The molecule has 1 aliphatic carbocycles. The van der Waals surface area contributed by atoms with Gasteiger partial charge in [-0.15, -0.1) is 0 Å². The van der Waals surface area contributed by atoms with Crippen molar-refractivity contribution in [1.82, 2.24) is 0 Å². The van der Waals surface area contributed by atoms with E-state index in [-0.39, 0.29) is 29.7 Å². The molecule has 0 aromatic rings. The summed E-state index contributed by atoms with van der Waals surface area (Å²) in [5, 5.41) is 0. The molecule has 3 nitrogen and oxygen atoms in total.